The second kappa shape index (κ2) is 10.3. The van der Waals surface area contributed by atoms with Gasteiger partial charge in [0.25, 0.3) is 0 Å². The van der Waals surface area contributed by atoms with Crippen molar-refractivity contribution in [3.05, 3.63) is 46.5 Å². The highest BCUT2D eigenvalue weighted by Crippen LogP contribution is 2.46. The van der Waals surface area contributed by atoms with Crippen LogP contribution in [0.3, 0.4) is 0 Å². The molecule has 2 N–H and O–H groups in total. The van der Waals surface area contributed by atoms with Gasteiger partial charge < -0.3 is 10.2 Å². The Balaban J connectivity index is 2.76. The highest BCUT2D eigenvalue weighted by Gasteiger charge is 2.27. The zero-order valence-corrected chi connectivity index (χ0v) is 21.7. The van der Waals surface area contributed by atoms with Gasteiger partial charge in [0.15, 0.2) is 0 Å². The van der Waals surface area contributed by atoms with Crippen molar-refractivity contribution in [2.75, 3.05) is 0 Å². The van der Waals surface area contributed by atoms with E-state index in [1.54, 1.807) is 0 Å². The van der Waals surface area contributed by atoms with E-state index in [4.69, 9.17) is 0 Å². The van der Waals surface area contributed by atoms with Gasteiger partial charge in [-0.1, -0.05) is 80.0 Å². The van der Waals surface area contributed by atoms with E-state index in [2.05, 4.69) is 55.4 Å². The molecule has 0 aromatic heterocycles. The van der Waals surface area contributed by atoms with Gasteiger partial charge in [-0.15, -0.1) is 0 Å². The lowest BCUT2D eigenvalue weighted by molar-refractivity contribution is 0.467. The Morgan fingerprint density at radius 2 is 1.00 bits per heavy atom. The SMILES string of the molecule is CCCCc1cc(O)cc(C(C)(C)C)c1Sc1c(CCCC)cc(O)cc1C(C)(C)C. The predicted molar refractivity (Wildman–Crippen MR) is 135 cm³/mol. The number of benzene rings is 2. The molecule has 2 nitrogen and oxygen atoms in total. The fraction of sp³-hybridized carbons (Fsp3) is 0.571. The minimum Gasteiger partial charge on any atom is -0.508 e. The molecule has 2 aromatic carbocycles. The fourth-order valence-electron chi connectivity index (χ4n) is 3.91. The van der Waals surface area contributed by atoms with Crippen LogP contribution in [0.2, 0.25) is 0 Å². The van der Waals surface area contributed by atoms with Crippen molar-refractivity contribution in [1.82, 2.24) is 0 Å². The lowest BCUT2D eigenvalue weighted by Gasteiger charge is -2.29. The van der Waals surface area contributed by atoms with Crippen LogP contribution in [-0.2, 0) is 23.7 Å². The Hall–Kier alpha value is -1.61. The number of aryl methyl sites for hydroxylation is 2. The Morgan fingerprint density at radius 3 is 1.29 bits per heavy atom. The third-order valence-corrected chi connectivity index (χ3v) is 7.09. The number of phenolic OH excluding ortho intramolecular Hbond substituents is 2. The van der Waals surface area contributed by atoms with Crippen LogP contribution in [0.5, 0.6) is 11.5 Å². The third-order valence-electron chi connectivity index (χ3n) is 5.72. The summed E-state index contributed by atoms with van der Waals surface area (Å²) in [4.78, 5) is 2.54. The molecule has 31 heavy (non-hydrogen) atoms. The van der Waals surface area contributed by atoms with Crippen molar-refractivity contribution in [3.8, 4) is 11.5 Å². The second-order valence-corrected chi connectivity index (χ2v) is 11.8. The molecule has 2 rings (SSSR count). The molecule has 0 unspecified atom stereocenters. The summed E-state index contributed by atoms with van der Waals surface area (Å²) in [6.07, 6.45) is 6.38. The average molecular weight is 443 g/mol. The van der Waals surface area contributed by atoms with Crippen molar-refractivity contribution < 1.29 is 10.2 Å². The van der Waals surface area contributed by atoms with Crippen molar-refractivity contribution >= 4 is 11.8 Å². The van der Waals surface area contributed by atoms with Crippen LogP contribution in [0.4, 0.5) is 0 Å². The molecule has 0 amide bonds. The van der Waals surface area contributed by atoms with E-state index in [9.17, 15) is 10.2 Å². The zero-order chi connectivity index (χ0) is 23.4. The molecule has 0 heterocycles. The first-order valence-corrected chi connectivity index (χ1v) is 12.6. The second-order valence-electron chi connectivity index (χ2n) is 10.8. The summed E-state index contributed by atoms with van der Waals surface area (Å²) in [7, 11) is 0. The number of hydrogen-bond acceptors (Lipinski definition) is 3. The lowest BCUT2D eigenvalue weighted by Crippen LogP contribution is -2.16. The minimum absolute atomic E-state index is 0.0789. The van der Waals surface area contributed by atoms with E-state index in [0.717, 1.165) is 38.5 Å². The highest BCUT2D eigenvalue weighted by molar-refractivity contribution is 7.99. The molecule has 0 saturated heterocycles. The molecule has 0 atom stereocenters. The first-order chi connectivity index (χ1) is 14.4. The van der Waals surface area contributed by atoms with Crippen molar-refractivity contribution in [2.45, 2.75) is 115 Å². The highest BCUT2D eigenvalue weighted by atomic mass is 32.2. The summed E-state index contributed by atoms with van der Waals surface area (Å²) in [6, 6.07) is 7.80. The average Bonchev–Trinajstić information content (AvgIpc) is 2.65. The van der Waals surface area contributed by atoms with Crippen LogP contribution in [-0.4, -0.2) is 10.2 Å². The van der Waals surface area contributed by atoms with Crippen LogP contribution >= 0.6 is 11.8 Å². The molecule has 0 aliphatic heterocycles. The van der Waals surface area contributed by atoms with Gasteiger partial charge in [0, 0.05) is 9.79 Å². The van der Waals surface area contributed by atoms with Gasteiger partial charge >= 0.3 is 0 Å². The minimum atomic E-state index is -0.0789. The van der Waals surface area contributed by atoms with E-state index < -0.39 is 0 Å². The summed E-state index contributed by atoms with van der Waals surface area (Å²) in [5.74, 6) is 0.710. The van der Waals surface area contributed by atoms with Gasteiger partial charge in [-0.2, -0.15) is 0 Å². The Labute approximate surface area is 194 Å². The van der Waals surface area contributed by atoms with E-state index >= 15 is 0 Å². The summed E-state index contributed by atoms with van der Waals surface area (Å²) >= 11 is 1.84. The number of aromatic hydroxyl groups is 2. The van der Waals surface area contributed by atoms with Crippen molar-refractivity contribution in [2.24, 2.45) is 0 Å². The number of hydrogen-bond donors (Lipinski definition) is 2. The molecule has 3 heteroatoms. The molecule has 0 saturated carbocycles. The summed E-state index contributed by atoms with van der Waals surface area (Å²) < 4.78 is 0. The zero-order valence-electron chi connectivity index (χ0n) is 20.9. The van der Waals surface area contributed by atoms with Gasteiger partial charge in [-0.3, -0.25) is 0 Å². The molecule has 0 fully saturated rings. The van der Waals surface area contributed by atoms with Gasteiger partial charge in [0.2, 0.25) is 0 Å². The molecule has 0 spiro atoms. The Kier molecular flexibility index (Phi) is 8.55. The summed E-state index contributed by atoms with van der Waals surface area (Å²) in [5, 5.41) is 21.0. The number of rotatable bonds is 8. The first-order valence-electron chi connectivity index (χ1n) is 11.8. The smallest absolute Gasteiger partial charge is 0.116 e. The molecule has 2 aromatic rings. The predicted octanol–water partition coefficient (Wildman–Crippen LogP) is 8.53. The van der Waals surface area contributed by atoms with Crippen LogP contribution in [0.1, 0.15) is 103 Å². The third kappa shape index (κ3) is 6.68. The monoisotopic (exact) mass is 442 g/mol. The van der Waals surface area contributed by atoms with Gasteiger partial charge in [-0.05, 0) is 83.0 Å². The molecule has 172 valence electrons. The molecule has 0 aliphatic carbocycles. The topological polar surface area (TPSA) is 40.5 Å². The quantitative estimate of drug-likeness (QED) is 0.430. The van der Waals surface area contributed by atoms with Gasteiger partial charge in [0.1, 0.15) is 11.5 Å². The summed E-state index contributed by atoms with van der Waals surface area (Å²) in [6.45, 7) is 17.7. The van der Waals surface area contributed by atoms with E-state index in [-0.39, 0.29) is 10.8 Å². The van der Waals surface area contributed by atoms with E-state index in [0.29, 0.717) is 11.5 Å². The van der Waals surface area contributed by atoms with Crippen LogP contribution < -0.4 is 0 Å². The maximum absolute atomic E-state index is 10.5. The molecule has 0 radical (unpaired) electrons. The Morgan fingerprint density at radius 1 is 0.645 bits per heavy atom. The lowest BCUT2D eigenvalue weighted by atomic mass is 9.85. The van der Waals surface area contributed by atoms with Crippen LogP contribution in [0.15, 0.2) is 34.1 Å². The van der Waals surface area contributed by atoms with Crippen molar-refractivity contribution in [3.63, 3.8) is 0 Å². The van der Waals surface area contributed by atoms with E-state index in [1.165, 1.54) is 32.0 Å². The normalized spacial score (nSPS) is 12.4. The molecular weight excluding hydrogens is 400 g/mol. The largest absolute Gasteiger partial charge is 0.508 e. The Bertz CT molecular complexity index is 812. The summed E-state index contributed by atoms with van der Waals surface area (Å²) in [5.41, 5.74) is 4.68. The molecule has 0 aliphatic rings. The van der Waals surface area contributed by atoms with Crippen LogP contribution in [0, 0.1) is 0 Å². The maximum Gasteiger partial charge on any atom is 0.116 e. The van der Waals surface area contributed by atoms with Crippen molar-refractivity contribution in [1.29, 1.82) is 0 Å². The molecule has 0 bridgehead atoms. The first kappa shape index (κ1) is 25.6. The maximum atomic E-state index is 10.5. The van der Waals surface area contributed by atoms with Crippen LogP contribution in [0.25, 0.3) is 0 Å². The van der Waals surface area contributed by atoms with Gasteiger partial charge in [-0.25, -0.2) is 0 Å². The van der Waals surface area contributed by atoms with Gasteiger partial charge in [0.05, 0.1) is 0 Å². The standard InChI is InChI=1S/C28H42O2S/c1-9-11-13-19-15-21(29)17-23(27(3,4)5)25(19)31-26-20(14-12-10-2)16-22(30)18-24(26)28(6,7)8/h15-18,29-30H,9-14H2,1-8H3. The molecular formula is C28H42O2S. The fourth-order valence-corrected chi connectivity index (χ4v) is 5.65. The number of unbranched alkanes of at least 4 members (excludes halogenated alkanes) is 2. The van der Waals surface area contributed by atoms with E-state index in [1.807, 2.05) is 36.0 Å². The number of phenols is 2.